The van der Waals surface area contributed by atoms with Gasteiger partial charge in [-0.15, -0.1) is 0 Å². The molecule has 0 saturated heterocycles. The molecule has 4 aromatic carbocycles. The van der Waals surface area contributed by atoms with E-state index in [2.05, 4.69) is 5.32 Å². The number of hydrogen-bond acceptors (Lipinski definition) is 6. The highest BCUT2D eigenvalue weighted by Crippen LogP contribution is 2.32. The molecule has 1 atom stereocenters. The largest absolute Gasteiger partial charge is 0.493 e. The minimum absolute atomic E-state index is 0.0789. The Kier molecular flexibility index (Phi) is 11.2. The van der Waals surface area contributed by atoms with Crippen molar-refractivity contribution in [3.63, 3.8) is 0 Å². The molecule has 0 radical (unpaired) electrons. The van der Waals surface area contributed by atoms with Gasteiger partial charge in [0, 0.05) is 25.1 Å². The molecule has 0 aliphatic rings. The van der Waals surface area contributed by atoms with Crippen LogP contribution in [0.3, 0.4) is 0 Å². The van der Waals surface area contributed by atoms with E-state index in [-0.39, 0.29) is 35.6 Å². The van der Waals surface area contributed by atoms with Crippen LogP contribution in [-0.4, -0.2) is 58.0 Å². The summed E-state index contributed by atoms with van der Waals surface area (Å²) in [6, 6.07) is 30.4. The van der Waals surface area contributed by atoms with E-state index in [4.69, 9.17) is 9.47 Å². The lowest BCUT2D eigenvalue weighted by atomic mass is 10.0. The average molecular weight is 630 g/mol. The summed E-state index contributed by atoms with van der Waals surface area (Å²) in [4.78, 5) is 29.6. The van der Waals surface area contributed by atoms with Gasteiger partial charge in [-0.1, -0.05) is 78.9 Å². The maximum Gasteiger partial charge on any atom is 0.264 e. The van der Waals surface area contributed by atoms with E-state index in [1.807, 2.05) is 74.5 Å². The molecule has 0 spiro atoms. The number of carbonyl (C=O) groups excluding carboxylic acids is 2. The Morgan fingerprint density at radius 3 is 1.87 bits per heavy atom. The van der Waals surface area contributed by atoms with Gasteiger partial charge in [-0.25, -0.2) is 8.42 Å². The second-order valence-electron chi connectivity index (χ2n) is 10.7. The SMILES string of the molecule is COc1ccc(S(=O)(=O)N(CC(=O)N(Cc2ccccc2)C(Cc2ccccc2)C(=O)NC(C)C)c2ccccc2)cc1OC. The molecule has 10 heteroatoms. The van der Waals surface area contributed by atoms with Crippen LogP contribution in [-0.2, 0) is 32.6 Å². The maximum atomic E-state index is 14.4. The zero-order valence-electron chi connectivity index (χ0n) is 25.9. The molecule has 2 amide bonds. The van der Waals surface area contributed by atoms with Crippen LogP contribution < -0.4 is 19.1 Å². The highest BCUT2D eigenvalue weighted by molar-refractivity contribution is 7.92. The quantitative estimate of drug-likeness (QED) is 0.209. The van der Waals surface area contributed by atoms with Gasteiger partial charge in [0.15, 0.2) is 11.5 Å². The van der Waals surface area contributed by atoms with Crippen LogP contribution in [0.1, 0.15) is 25.0 Å². The summed E-state index contributed by atoms with van der Waals surface area (Å²) < 4.78 is 40.2. The fourth-order valence-electron chi connectivity index (χ4n) is 4.94. The summed E-state index contributed by atoms with van der Waals surface area (Å²) in [7, 11) is -1.41. The number of amides is 2. The number of anilines is 1. The van der Waals surface area contributed by atoms with Crippen LogP contribution in [0.15, 0.2) is 114 Å². The second-order valence-corrected chi connectivity index (χ2v) is 12.6. The summed E-state index contributed by atoms with van der Waals surface area (Å²) >= 11 is 0. The number of para-hydroxylation sites is 1. The van der Waals surface area contributed by atoms with Crippen molar-refractivity contribution in [2.75, 3.05) is 25.1 Å². The lowest BCUT2D eigenvalue weighted by Gasteiger charge is -2.34. The number of carbonyl (C=O) groups is 2. The second kappa shape index (κ2) is 15.3. The van der Waals surface area contributed by atoms with Gasteiger partial charge < -0.3 is 19.7 Å². The van der Waals surface area contributed by atoms with E-state index in [0.29, 0.717) is 11.4 Å². The normalized spacial score (nSPS) is 11.8. The van der Waals surface area contributed by atoms with Crippen LogP contribution in [0.5, 0.6) is 11.5 Å². The molecule has 236 valence electrons. The number of ether oxygens (including phenoxy) is 2. The number of methoxy groups -OCH3 is 2. The molecule has 0 heterocycles. The minimum atomic E-state index is -4.29. The molecule has 45 heavy (non-hydrogen) atoms. The molecular weight excluding hydrogens is 590 g/mol. The fourth-order valence-corrected chi connectivity index (χ4v) is 6.37. The van der Waals surface area contributed by atoms with Crippen molar-refractivity contribution in [1.82, 2.24) is 10.2 Å². The minimum Gasteiger partial charge on any atom is -0.493 e. The molecular formula is C35H39N3O6S. The zero-order valence-corrected chi connectivity index (χ0v) is 26.7. The number of nitrogens with zero attached hydrogens (tertiary/aromatic N) is 2. The smallest absolute Gasteiger partial charge is 0.264 e. The third-order valence-electron chi connectivity index (χ3n) is 7.16. The first-order valence-corrected chi connectivity index (χ1v) is 16.1. The van der Waals surface area contributed by atoms with Crippen molar-refractivity contribution < 1.29 is 27.5 Å². The van der Waals surface area contributed by atoms with Gasteiger partial charge in [-0.3, -0.25) is 13.9 Å². The van der Waals surface area contributed by atoms with Crippen LogP contribution in [0.25, 0.3) is 0 Å². The Balaban J connectivity index is 1.79. The Labute approximate surface area is 265 Å². The monoisotopic (exact) mass is 629 g/mol. The molecule has 0 aliphatic heterocycles. The first kappa shape index (κ1) is 33.1. The standard InChI is InChI=1S/C35H39N3O6S/c1-26(2)36-35(40)31(22-27-14-8-5-9-15-27)37(24-28-16-10-6-11-17-28)34(39)25-38(29-18-12-7-13-19-29)45(41,42)30-20-21-32(43-3)33(23-30)44-4/h5-21,23,26,31H,22,24-25H2,1-4H3,(H,36,40). The van der Waals surface area contributed by atoms with Crippen molar-refractivity contribution in [1.29, 1.82) is 0 Å². The lowest BCUT2D eigenvalue weighted by Crippen LogP contribution is -2.54. The number of rotatable bonds is 14. The van der Waals surface area contributed by atoms with Gasteiger partial charge in [0.1, 0.15) is 12.6 Å². The van der Waals surface area contributed by atoms with Crippen molar-refractivity contribution >= 4 is 27.5 Å². The zero-order chi connectivity index (χ0) is 32.4. The van der Waals surface area contributed by atoms with Gasteiger partial charge >= 0.3 is 0 Å². The van der Waals surface area contributed by atoms with E-state index in [1.165, 1.54) is 37.3 Å². The van der Waals surface area contributed by atoms with Crippen LogP contribution in [0.2, 0.25) is 0 Å². The first-order valence-electron chi connectivity index (χ1n) is 14.6. The molecule has 0 aromatic heterocycles. The molecule has 0 fully saturated rings. The highest BCUT2D eigenvalue weighted by Gasteiger charge is 2.35. The molecule has 0 saturated carbocycles. The third kappa shape index (κ3) is 8.42. The van der Waals surface area contributed by atoms with Crippen molar-refractivity contribution in [2.24, 2.45) is 0 Å². The summed E-state index contributed by atoms with van der Waals surface area (Å²) in [6.07, 6.45) is 0.242. The van der Waals surface area contributed by atoms with Gasteiger partial charge in [-0.2, -0.15) is 0 Å². The summed E-state index contributed by atoms with van der Waals surface area (Å²) in [5.74, 6) is -0.261. The van der Waals surface area contributed by atoms with Gasteiger partial charge in [0.2, 0.25) is 11.8 Å². The van der Waals surface area contributed by atoms with E-state index in [0.717, 1.165) is 15.4 Å². The number of benzene rings is 4. The van der Waals surface area contributed by atoms with E-state index in [1.54, 1.807) is 30.3 Å². The Bertz CT molecular complexity index is 1670. The fraction of sp³-hybridized carbons (Fsp3) is 0.257. The van der Waals surface area contributed by atoms with Crippen molar-refractivity contribution in [2.45, 2.75) is 43.8 Å². The van der Waals surface area contributed by atoms with Crippen molar-refractivity contribution in [3.05, 3.63) is 120 Å². The van der Waals surface area contributed by atoms with E-state index < -0.39 is 28.5 Å². The molecule has 4 aromatic rings. The summed E-state index contributed by atoms with van der Waals surface area (Å²) in [5.41, 5.74) is 1.96. The number of sulfonamides is 1. The highest BCUT2D eigenvalue weighted by atomic mass is 32.2. The number of hydrogen-bond donors (Lipinski definition) is 1. The number of nitrogens with one attached hydrogen (secondary N) is 1. The molecule has 0 bridgehead atoms. The predicted octanol–water partition coefficient (Wildman–Crippen LogP) is 5.06. The average Bonchev–Trinajstić information content (AvgIpc) is 3.05. The van der Waals surface area contributed by atoms with E-state index >= 15 is 0 Å². The van der Waals surface area contributed by atoms with Gasteiger partial charge in [0.25, 0.3) is 10.0 Å². The molecule has 1 unspecified atom stereocenters. The van der Waals surface area contributed by atoms with Crippen LogP contribution >= 0.6 is 0 Å². The Hall–Kier alpha value is -4.83. The molecule has 0 aliphatic carbocycles. The summed E-state index contributed by atoms with van der Waals surface area (Å²) in [6.45, 7) is 3.26. The van der Waals surface area contributed by atoms with Crippen LogP contribution in [0, 0.1) is 0 Å². The Morgan fingerprint density at radius 1 is 0.756 bits per heavy atom. The lowest BCUT2D eigenvalue weighted by molar-refractivity contribution is -0.140. The van der Waals surface area contributed by atoms with Crippen LogP contribution in [0.4, 0.5) is 5.69 Å². The topological polar surface area (TPSA) is 105 Å². The maximum absolute atomic E-state index is 14.4. The van der Waals surface area contributed by atoms with Gasteiger partial charge in [-0.05, 0) is 49.2 Å². The molecule has 1 N–H and O–H groups in total. The molecule has 9 nitrogen and oxygen atoms in total. The Morgan fingerprint density at radius 2 is 1.31 bits per heavy atom. The van der Waals surface area contributed by atoms with E-state index in [9.17, 15) is 18.0 Å². The van der Waals surface area contributed by atoms with Gasteiger partial charge in [0.05, 0.1) is 24.8 Å². The van der Waals surface area contributed by atoms with Crippen molar-refractivity contribution in [3.8, 4) is 11.5 Å². The summed E-state index contributed by atoms with van der Waals surface area (Å²) in [5, 5.41) is 2.96. The first-order chi connectivity index (χ1) is 21.6. The third-order valence-corrected chi connectivity index (χ3v) is 8.93. The molecule has 4 rings (SSSR count). The predicted molar refractivity (Wildman–Crippen MR) is 175 cm³/mol.